The smallest absolute Gasteiger partial charge is 0.257 e. The Morgan fingerprint density at radius 1 is 0.933 bits per heavy atom. The van der Waals surface area contributed by atoms with Crippen molar-refractivity contribution in [2.75, 3.05) is 20.3 Å². The summed E-state index contributed by atoms with van der Waals surface area (Å²) in [6, 6.07) is 25.7. The third kappa shape index (κ3) is 4.30. The van der Waals surface area contributed by atoms with Gasteiger partial charge in [-0.1, -0.05) is 60.7 Å². The Bertz CT molecular complexity index is 1120. The van der Waals surface area contributed by atoms with Gasteiger partial charge in [0.15, 0.2) is 18.1 Å². The number of carbonyl (C=O) groups excluding carboxylic acids is 1. The highest BCUT2D eigenvalue weighted by Crippen LogP contribution is 2.30. The molecule has 4 aromatic rings. The van der Waals surface area contributed by atoms with E-state index in [9.17, 15) is 4.79 Å². The Kier molecular flexibility index (Phi) is 5.99. The molecule has 4 rings (SSSR count). The largest absolute Gasteiger partial charge is 0.493 e. The number of nitrogens with one attached hydrogen (secondary N) is 2. The van der Waals surface area contributed by atoms with Crippen LogP contribution in [0.5, 0.6) is 11.5 Å². The summed E-state index contributed by atoms with van der Waals surface area (Å²) in [5, 5.41) is 4.18. The Hall–Kier alpha value is -3.73. The van der Waals surface area contributed by atoms with Crippen molar-refractivity contribution in [1.29, 1.82) is 0 Å². The van der Waals surface area contributed by atoms with Crippen LogP contribution in [0.15, 0.2) is 85.1 Å². The van der Waals surface area contributed by atoms with Gasteiger partial charge in [-0.05, 0) is 29.3 Å². The van der Waals surface area contributed by atoms with E-state index in [2.05, 4.69) is 34.6 Å². The molecule has 0 bridgehead atoms. The lowest BCUT2D eigenvalue weighted by molar-refractivity contribution is -0.123. The summed E-state index contributed by atoms with van der Waals surface area (Å²) < 4.78 is 10.9. The molecule has 0 spiro atoms. The van der Waals surface area contributed by atoms with Gasteiger partial charge in [-0.2, -0.15) is 0 Å². The lowest BCUT2D eigenvalue weighted by Crippen LogP contribution is -2.32. The van der Waals surface area contributed by atoms with E-state index in [1.807, 2.05) is 48.7 Å². The molecule has 3 aromatic carbocycles. The lowest BCUT2D eigenvalue weighted by atomic mass is 9.91. The van der Waals surface area contributed by atoms with Gasteiger partial charge in [-0.15, -0.1) is 0 Å². The van der Waals surface area contributed by atoms with Crippen molar-refractivity contribution < 1.29 is 14.3 Å². The number of methoxy groups -OCH3 is 1. The molecule has 0 aliphatic heterocycles. The molecular formula is C25H24N2O3. The highest BCUT2D eigenvalue weighted by Gasteiger charge is 2.19. The third-order valence-corrected chi connectivity index (χ3v) is 5.13. The van der Waals surface area contributed by atoms with E-state index in [0.717, 1.165) is 22.0 Å². The van der Waals surface area contributed by atoms with Gasteiger partial charge in [0.25, 0.3) is 5.91 Å². The molecule has 1 aromatic heterocycles. The lowest BCUT2D eigenvalue weighted by Gasteiger charge is -2.18. The molecule has 5 nitrogen and oxygen atoms in total. The second kappa shape index (κ2) is 9.18. The van der Waals surface area contributed by atoms with Crippen molar-refractivity contribution in [3.8, 4) is 11.5 Å². The van der Waals surface area contributed by atoms with E-state index in [4.69, 9.17) is 9.47 Å². The first kappa shape index (κ1) is 19.6. The molecule has 0 aliphatic rings. The van der Waals surface area contributed by atoms with Crippen molar-refractivity contribution in [2.24, 2.45) is 0 Å². The number of hydrogen-bond donors (Lipinski definition) is 2. The molecule has 1 atom stereocenters. The van der Waals surface area contributed by atoms with Crippen LogP contribution in [-0.4, -0.2) is 31.2 Å². The monoisotopic (exact) mass is 400 g/mol. The van der Waals surface area contributed by atoms with E-state index >= 15 is 0 Å². The van der Waals surface area contributed by atoms with Crippen LogP contribution in [0.4, 0.5) is 0 Å². The number of hydrogen-bond acceptors (Lipinski definition) is 3. The van der Waals surface area contributed by atoms with Crippen LogP contribution in [0.1, 0.15) is 17.0 Å². The van der Waals surface area contributed by atoms with Gasteiger partial charge >= 0.3 is 0 Å². The summed E-state index contributed by atoms with van der Waals surface area (Å²) in [6.45, 7) is 0.399. The minimum atomic E-state index is -0.179. The summed E-state index contributed by atoms with van der Waals surface area (Å²) in [5.74, 6) is 0.997. The number of H-pyrrole nitrogens is 1. The quantitative estimate of drug-likeness (QED) is 0.458. The van der Waals surface area contributed by atoms with Crippen LogP contribution < -0.4 is 14.8 Å². The molecule has 0 unspecified atom stereocenters. The topological polar surface area (TPSA) is 63.4 Å². The average Bonchev–Trinajstić information content (AvgIpc) is 3.23. The normalized spacial score (nSPS) is 11.8. The molecular weight excluding hydrogens is 376 g/mol. The SMILES string of the molecule is COc1ccccc1OCC(=O)NC[C@@H](c1ccccc1)c1c[nH]c2ccccc12. The molecule has 0 saturated carbocycles. The Morgan fingerprint density at radius 2 is 1.63 bits per heavy atom. The number of rotatable bonds is 8. The first-order valence-corrected chi connectivity index (χ1v) is 9.89. The summed E-state index contributed by atoms with van der Waals surface area (Å²) >= 11 is 0. The van der Waals surface area contributed by atoms with E-state index < -0.39 is 0 Å². The van der Waals surface area contributed by atoms with Gasteiger partial charge in [0.2, 0.25) is 0 Å². The van der Waals surface area contributed by atoms with Crippen LogP contribution >= 0.6 is 0 Å². The maximum absolute atomic E-state index is 12.5. The van der Waals surface area contributed by atoms with Crippen molar-refractivity contribution in [1.82, 2.24) is 10.3 Å². The first-order valence-electron chi connectivity index (χ1n) is 9.89. The number of aromatic nitrogens is 1. The van der Waals surface area contributed by atoms with Crippen LogP contribution in [0.25, 0.3) is 10.9 Å². The van der Waals surface area contributed by atoms with Crippen LogP contribution in [0.3, 0.4) is 0 Å². The standard InChI is InChI=1S/C25H24N2O3/c1-29-23-13-7-8-14-24(23)30-17-25(28)27-15-20(18-9-3-2-4-10-18)21-16-26-22-12-6-5-11-19(21)22/h2-14,16,20,26H,15,17H2,1H3,(H,27,28)/t20-/m0/s1. The molecule has 30 heavy (non-hydrogen) atoms. The number of fused-ring (bicyclic) bond motifs is 1. The van der Waals surface area contributed by atoms with Crippen LogP contribution in [0.2, 0.25) is 0 Å². The van der Waals surface area contributed by atoms with Gasteiger partial charge in [-0.3, -0.25) is 4.79 Å². The van der Waals surface area contributed by atoms with Gasteiger partial charge < -0.3 is 19.8 Å². The molecule has 2 N–H and O–H groups in total. The molecule has 1 heterocycles. The van der Waals surface area contributed by atoms with E-state index in [1.165, 1.54) is 0 Å². The number of para-hydroxylation sites is 3. The minimum Gasteiger partial charge on any atom is -0.493 e. The summed E-state index contributed by atoms with van der Waals surface area (Å²) in [7, 11) is 1.58. The number of benzene rings is 3. The predicted molar refractivity (Wildman–Crippen MR) is 118 cm³/mol. The minimum absolute atomic E-state index is 0.0255. The fraction of sp³-hybridized carbons (Fsp3) is 0.160. The second-order valence-corrected chi connectivity index (χ2v) is 7.00. The van der Waals surface area contributed by atoms with E-state index in [0.29, 0.717) is 18.0 Å². The van der Waals surface area contributed by atoms with Gasteiger partial charge in [-0.25, -0.2) is 0 Å². The highest BCUT2D eigenvalue weighted by molar-refractivity contribution is 5.84. The maximum atomic E-state index is 12.5. The van der Waals surface area contributed by atoms with Gasteiger partial charge in [0.05, 0.1) is 7.11 Å². The van der Waals surface area contributed by atoms with Crippen LogP contribution in [-0.2, 0) is 4.79 Å². The average molecular weight is 400 g/mol. The zero-order valence-electron chi connectivity index (χ0n) is 16.8. The zero-order chi connectivity index (χ0) is 20.8. The molecule has 0 aliphatic carbocycles. The molecule has 0 fully saturated rings. The predicted octanol–water partition coefficient (Wildman–Crippen LogP) is 4.50. The second-order valence-electron chi connectivity index (χ2n) is 7.00. The fourth-order valence-electron chi connectivity index (χ4n) is 3.62. The van der Waals surface area contributed by atoms with Gasteiger partial charge in [0.1, 0.15) is 0 Å². The molecule has 152 valence electrons. The van der Waals surface area contributed by atoms with Crippen molar-refractivity contribution in [2.45, 2.75) is 5.92 Å². The fourth-order valence-corrected chi connectivity index (χ4v) is 3.62. The Balaban J connectivity index is 1.48. The van der Waals surface area contributed by atoms with Crippen molar-refractivity contribution in [3.63, 3.8) is 0 Å². The third-order valence-electron chi connectivity index (χ3n) is 5.13. The Morgan fingerprint density at radius 3 is 2.43 bits per heavy atom. The van der Waals surface area contributed by atoms with E-state index in [-0.39, 0.29) is 18.4 Å². The number of carbonyl (C=O) groups is 1. The Labute approximate surface area is 175 Å². The number of ether oxygens (including phenoxy) is 2. The number of amides is 1. The summed E-state index contributed by atoms with van der Waals surface area (Å²) in [4.78, 5) is 15.8. The summed E-state index contributed by atoms with van der Waals surface area (Å²) in [6.07, 6.45) is 2.03. The van der Waals surface area contributed by atoms with E-state index in [1.54, 1.807) is 19.2 Å². The molecule has 5 heteroatoms. The van der Waals surface area contributed by atoms with Crippen molar-refractivity contribution >= 4 is 16.8 Å². The highest BCUT2D eigenvalue weighted by atomic mass is 16.5. The zero-order valence-corrected chi connectivity index (χ0v) is 16.8. The number of aromatic amines is 1. The molecule has 0 radical (unpaired) electrons. The summed E-state index contributed by atoms with van der Waals surface area (Å²) in [5.41, 5.74) is 3.38. The molecule has 0 saturated heterocycles. The van der Waals surface area contributed by atoms with Crippen LogP contribution in [0, 0.1) is 0 Å². The first-order chi connectivity index (χ1) is 14.8. The maximum Gasteiger partial charge on any atom is 0.257 e. The molecule has 1 amide bonds. The van der Waals surface area contributed by atoms with Crippen molar-refractivity contribution in [3.05, 3.63) is 96.2 Å². The van der Waals surface area contributed by atoms with Gasteiger partial charge in [0, 0.05) is 29.6 Å².